The molecular weight excluding hydrogens is 284 g/mol. The molecule has 0 radical (unpaired) electrons. The highest BCUT2D eigenvalue weighted by molar-refractivity contribution is 5.91. The molecular formula is C16H18N2O4. The standard InChI is InChI=1S/C16H18N2O4/c1-4-22-15(19)10-17-9-12-7-11-8-13(20-2)5-6-14(11)18-16(12)21-3/h5-9H,4,10H2,1-3H3. The van der Waals surface area contributed by atoms with E-state index in [2.05, 4.69) is 9.98 Å². The van der Waals surface area contributed by atoms with Crippen LogP contribution in [0.2, 0.25) is 0 Å². The number of aromatic nitrogens is 1. The fraction of sp³-hybridized carbons (Fsp3) is 0.312. The lowest BCUT2D eigenvalue weighted by Crippen LogP contribution is -2.07. The van der Waals surface area contributed by atoms with Crippen LogP contribution >= 0.6 is 0 Å². The quantitative estimate of drug-likeness (QED) is 0.604. The van der Waals surface area contributed by atoms with Crippen LogP contribution in [-0.4, -0.2) is 44.5 Å². The molecule has 1 aromatic heterocycles. The molecule has 0 fully saturated rings. The fourth-order valence-electron chi connectivity index (χ4n) is 1.96. The van der Waals surface area contributed by atoms with Gasteiger partial charge >= 0.3 is 5.97 Å². The molecule has 0 bridgehead atoms. The third-order valence-electron chi connectivity index (χ3n) is 2.96. The Morgan fingerprint density at radius 1 is 1.27 bits per heavy atom. The molecule has 0 aliphatic heterocycles. The van der Waals surface area contributed by atoms with Crippen molar-refractivity contribution in [3.05, 3.63) is 29.8 Å². The van der Waals surface area contributed by atoms with Crippen molar-refractivity contribution in [3.8, 4) is 11.6 Å². The second-order valence-corrected chi connectivity index (χ2v) is 4.42. The summed E-state index contributed by atoms with van der Waals surface area (Å²) in [5.41, 5.74) is 1.48. The monoisotopic (exact) mass is 302 g/mol. The summed E-state index contributed by atoms with van der Waals surface area (Å²) in [4.78, 5) is 19.8. The highest BCUT2D eigenvalue weighted by Gasteiger charge is 2.07. The zero-order valence-electron chi connectivity index (χ0n) is 12.8. The summed E-state index contributed by atoms with van der Waals surface area (Å²) in [5, 5.41) is 0.901. The van der Waals surface area contributed by atoms with E-state index in [1.54, 1.807) is 27.4 Å². The predicted molar refractivity (Wildman–Crippen MR) is 83.9 cm³/mol. The molecule has 0 unspecified atom stereocenters. The second kappa shape index (κ2) is 7.40. The number of pyridine rings is 1. The highest BCUT2D eigenvalue weighted by atomic mass is 16.5. The number of benzene rings is 1. The topological polar surface area (TPSA) is 70.0 Å². The SMILES string of the molecule is CCOC(=O)CN=Cc1cc2cc(OC)ccc2nc1OC. The van der Waals surface area contributed by atoms with Crippen molar-refractivity contribution >= 4 is 23.1 Å². The van der Waals surface area contributed by atoms with Gasteiger partial charge in [-0.2, -0.15) is 0 Å². The number of carbonyl (C=O) groups excluding carboxylic acids is 1. The molecule has 2 rings (SSSR count). The van der Waals surface area contributed by atoms with Gasteiger partial charge < -0.3 is 14.2 Å². The lowest BCUT2D eigenvalue weighted by Gasteiger charge is -2.07. The van der Waals surface area contributed by atoms with E-state index in [1.165, 1.54) is 0 Å². The lowest BCUT2D eigenvalue weighted by molar-refractivity contribution is -0.141. The van der Waals surface area contributed by atoms with E-state index in [0.717, 1.165) is 16.7 Å². The van der Waals surface area contributed by atoms with Crippen molar-refractivity contribution in [3.63, 3.8) is 0 Å². The van der Waals surface area contributed by atoms with E-state index in [-0.39, 0.29) is 12.5 Å². The van der Waals surface area contributed by atoms with E-state index in [1.807, 2.05) is 24.3 Å². The Kier molecular flexibility index (Phi) is 5.30. The molecule has 0 N–H and O–H groups in total. The average molecular weight is 302 g/mol. The first-order valence-electron chi connectivity index (χ1n) is 6.86. The molecule has 1 aromatic carbocycles. The molecule has 22 heavy (non-hydrogen) atoms. The van der Waals surface area contributed by atoms with Crippen LogP contribution in [-0.2, 0) is 9.53 Å². The largest absolute Gasteiger partial charge is 0.497 e. The van der Waals surface area contributed by atoms with Crippen LogP contribution in [0.5, 0.6) is 11.6 Å². The van der Waals surface area contributed by atoms with Gasteiger partial charge in [0.15, 0.2) is 0 Å². The minimum atomic E-state index is -0.367. The number of nitrogens with zero attached hydrogens (tertiary/aromatic N) is 2. The number of carbonyl (C=O) groups is 1. The van der Waals surface area contributed by atoms with Gasteiger partial charge in [-0.05, 0) is 31.2 Å². The van der Waals surface area contributed by atoms with Gasteiger partial charge in [-0.1, -0.05) is 0 Å². The fourth-order valence-corrected chi connectivity index (χ4v) is 1.96. The number of methoxy groups -OCH3 is 2. The summed E-state index contributed by atoms with van der Waals surface area (Å²) >= 11 is 0. The Hall–Kier alpha value is -2.63. The van der Waals surface area contributed by atoms with Gasteiger partial charge in [0.1, 0.15) is 12.3 Å². The van der Waals surface area contributed by atoms with Gasteiger partial charge in [0.25, 0.3) is 0 Å². The van der Waals surface area contributed by atoms with Crippen LogP contribution in [0.25, 0.3) is 10.9 Å². The van der Waals surface area contributed by atoms with E-state index < -0.39 is 0 Å². The highest BCUT2D eigenvalue weighted by Crippen LogP contribution is 2.24. The number of esters is 1. The molecule has 1 heterocycles. The van der Waals surface area contributed by atoms with E-state index in [0.29, 0.717) is 18.1 Å². The summed E-state index contributed by atoms with van der Waals surface area (Å²) in [6.07, 6.45) is 1.56. The van der Waals surface area contributed by atoms with E-state index >= 15 is 0 Å². The first kappa shape index (κ1) is 15.8. The van der Waals surface area contributed by atoms with Crippen molar-refractivity contribution in [2.75, 3.05) is 27.4 Å². The third-order valence-corrected chi connectivity index (χ3v) is 2.96. The summed E-state index contributed by atoms with van der Waals surface area (Å²) < 4.78 is 15.3. The Bertz CT molecular complexity index is 698. The number of ether oxygens (including phenoxy) is 3. The number of hydrogen-bond donors (Lipinski definition) is 0. The molecule has 6 heteroatoms. The first-order chi connectivity index (χ1) is 10.7. The normalized spacial score (nSPS) is 10.9. The molecule has 0 atom stereocenters. The third kappa shape index (κ3) is 3.72. The molecule has 2 aromatic rings. The molecule has 0 saturated heterocycles. The van der Waals surface area contributed by atoms with Gasteiger partial charge in [0, 0.05) is 11.6 Å². The number of rotatable bonds is 6. The molecule has 0 aliphatic rings. The zero-order valence-corrected chi connectivity index (χ0v) is 12.8. The van der Waals surface area contributed by atoms with Gasteiger partial charge in [0.2, 0.25) is 5.88 Å². The maximum atomic E-state index is 11.3. The van der Waals surface area contributed by atoms with Crippen LogP contribution in [0.1, 0.15) is 12.5 Å². The van der Waals surface area contributed by atoms with E-state index in [4.69, 9.17) is 14.2 Å². The Labute approximate surface area is 128 Å². The minimum absolute atomic E-state index is 0.0346. The number of hydrogen-bond acceptors (Lipinski definition) is 6. The summed E-state index contributed by atoms with van der Waals surface area (Å²) in [7, 11) is 3.15. The van der Waals surface area contributed by atoms with Crippen LogP contribution in [0, 0.1) is 0 Å². The maximum absolute atomic E-state index is 11.3. The van der Waals surface area contributed by atoms with Gasteiger partial charge in [-0.3, -0.25) is 9.79 Å². The summed E-state index contributed by atoms with van der Waals surface area (Å²) in [6, 6.07) is 7.46. The Morgan fingerprint density at radius 2 is 2.09 bits per heavy atom. The smallest absolute Gasteiger partial charge is 0.327 e. The molecule has 0 spiro atoms. The van der Waals surface area contributed by atoms with Crippen LogP contribution in [0.15, 0.2) is 29.3 Å². The minimum Gasteiger partial charge on any atom is -0.497 e. The Morgan fingerprint density at radius 3 is 2.77 bits per heavy atom. The predicted octanol–water partition coefficient (Wildman–Crippen LogP) is 2.23. The molecule has 0 amide bonds. The molecule has 6 nitrogen and oxygen atoms in total. The molecule has 0 aliphatic carbocycles. The van der Waals surface area contributed by atoms with Crippen molar-refractivity contribution < 1.29 is 19.0 Å². The van der Waals surface area contributed by atoms with Crippen molar-refractivity contribution in [1.82, 2.24) is 4.98 Å². The van der Waals surface area contributed by atoms with Crippen LogP contribution in [0.4, 0.5) is 0 Å². The number of fused-ring (bicyclic) bond motifs is 1. The molecule has 0 saturated carbocycles. The van der Waals surface area contributed by atoms with Gasteiger partial charge in [-0.25, -0.2) is 4.98 Å². The Balaban J connectivity index is 2.30. The summed E-state index contributed by atoms with van der Waals surface area (Å²) in [5.74, 6) is 0.826. The molecule has 116 valence electrons. The van der Waals surface area contributed by atoms with Crippen LogP contribution < -0.4 is 9.47 Å². The number of aliphatic imine (C=N–C) groups is 1. The van der Waals surface area contributed by atoms with Crippen molar-refractivity contribution in [2.24, 2.45) is 4.99 Å². The van der Waals surface area contributed by atoms with Crippen molar-refractivity contribution in [2.45, 2.75) is 6.92 Å². The van der Waals surface area contributed by atoms with Gasteiger partial charge in [-0.15, -0.1) is 0 Å². The summed E-state index contributed by atoms with van der Waals surface area (Å²) in [6.45, 7) is 2.06. The first-order valence-corrected chi connectivity index (χ1v) is 6.86. The maximum Gasteiger partial charge on any atom is 0.327 e. The average Bonchev–Trinajstić information content (AvgIpc) is 2.53. The lowest BCUT2D eigenvalue weighted by atomic mass is 10.1. The van der Waals surface area contributed by atoms with Crippen molar-refractivity contribution in [1.29, 1.82) is 0 Å². The van der Waals surface area contributed by atoms with E-state index in [9.17, 15) is 4.79 Å². The van der Waals surface area contributed by atoms with Crippen LogP contribution in [0.3, 0.4) is 0 Å². The van der Waals surface area contributed by atoms with Gasteiger partial charge in [0.05, 0.1) is 31.9 Å². The second-order valence-electron chi connectivity index (χ2n) is 4.42. The zero-order chi connectivity index (χ0) is 15.9.